The van der Waals surface area contributed by atoms with Gasteiger partial charge < -0.3 is 5.32 Å². The molecule has 0 radical (unpaired) electrons. The zero-order chi connectivity index (χ0) is 15.1. The van der Waals surface area contributed by atoms with E-state index in [1.807, 2.05) is 30.0 Å². The smallest absolute Gasteiger partial charge is 0.224 e. The lowest BCUT2D eigenvalue weighted by molar-refractivity contribution is -0.127. The molecule has 2 atom stereocenters. The van der Waals surface area contributed by atoms with E-state index < -0.39 is 0 Å². The molecule has 112 valence electrons. The average Bonchev–Trinajstić information content (AvgIpc) is 2.52. The summed E-state index contributed by atoms with van der Waals surface area (Å²) in [7, 11) is 0. The quantitative estimate of drug-likeness (QED) is 0.633. The van der Waals surface area contributed by atoms with E-state index in [4.69, 9.17) is 5.26 Å². The molecule has 1 aliphatic carbocycles. The Balaban J connectivity index is 1.91. The number of carbonyl (C=O) groups is 1. The van der Waals surface area contributed by atoms with Gasteiger partial charge in [0.15, 0.2) is 0 Å². The molecule has 1 aromatic carbocycles. The SMILES string of the molecule is N#CCNC(=O)C1CCCCC1CSc1ccc(Br)cc1. The molecule has 0 heterocycles. The van der Waals surface area contributed by atoms with Gasteiger partial charge in [0.1, 0.15) is 6.54 Å². The van der Waals surface area contributed by atoms with E-state index >= 15 is 0 Å². The van der Waals surface area contributed by atoms with Crippen LogP contribution in [0.4, 0.5) is 0 Å². The summed E-state index contributed by atoms with van der Waals surface area (Å²) >= 11 is 5.25. The first-order valence-corrected chi connectivity index (χ1v) is 9.01. The first kappa shape index (κ1) is 16.4. The number of carbonyl (C=O) groups excluding carboxylic acids is 1. The molecule has 0 aromatic heterocycles. The molecule has 21 heavy (non-hydrogen) atoms. The highest BCUT2D eigenvalue weighted by Gasteiger charge is 2.30. The van der Waals surface area contributed by atoms with E-state index in [1.54, 1.807) is 0 Å². The molecule has 0 saturated heterocycles. The molecule has 5 heteroatoms. The second-order valence-electron chi connectivity index (χ2n) is 5.29. The van der Waals surface area contributed by atoms with Crippen molar-refractivity contribution >= 4 is 33.6 Å². The summed E-state index contributed by atoms with van der Waals surface area (Å²) in [5.74, 6) is 1.49. The first-order chi connectivity index (χ1) is 10.2. The Kier molecular flexibility index (Phi) is 6.59. The molecular formula is C16H19BrN2OS. The highest BCUT2D eigenvalue weighted by Crippen LogP contribution is 2.34. The monoisotopic (exact) mass is 366 g/mol. The Bertz CT molecular complexity index is 512. The number of nitrogens with one attached hydrogen (secondary N) is 1. The molecule has 2 unspecified atom stereocenters. The third-order valence-corrected chi connectivity index (χ3v) is 5.59. The maximum Gasteiger partial charge on any atom is 0.224 e. The summed E-state index contributed by atoms with van der Waals surface area (Å²) in [6.07, 6.45) is 4.37. The van der Waals surface area contributed by atoms with Gasteiger partial charge in [-0.2, -0.15) is 5.26 Å². The maximum absolute atomic E-state index is 12.1. The molecule has 1 saturated carbocycles. The van der Waals surface area contributed by atoms with E-state index in [9.17, 15) is 4.79 Å². The molecule has 2 rings (SSSR count). The second-order valence-corrected chi connectivity index (χ2v) is 7.30. The number of amides is 1. The van der Waals surface area contributed by atoms with E-state index in [2.05, 4.69) is 33.4 Å². The van der Waals surface area contributed by atoms with E-state index in [-0.39, 0.29) is 18.4 Å². The number of thioether (sulfide) groups is 1. The van der Waals surface area contributed by atoms with Crippen LogP contribution in [0.1, 0.15) is 25.7 Å². The molecule has 0 aliphatic heterocycles. The topological polar surface area (TPSA) is 52.9 Å². The molecule has 0 bridgehead atoms. The first-order valence-electron chi connectivity index (χ1n) is 7.23. The van der Waals surface area contributed by atoms with Crippen molar-refractivity contribution in [2.24, 2.45) is 11.8 Å². The van der Waals surface area contributed by atoms with Gasteiger partial charge in [-0.15, -0.1) is 11.8 Å². The minimum absolute atomic E-state index is 0.0534. The molecule has 3 nitrogen and oxygen atoms in total. The van der Waals surface area contributed by atoms with Gasteiger partial charge in [-0.3, -0.25) is 4.79 Å². The van der Waals surface area contributed by atoms with Crippen LogP contribution >= 0.6 is 27.7 Å². The Morgan fingerprint density at radius 1 is 1.33 bits per heavy atom. The number of rotatable bonds is 5. The number of benzene rings is 1. The lowest BCUT2D eigenvalue weighted by Gasteiger charge is -2.30. The molecule has 1 amide bonds. The molecule has 0 spiro atoms. The Hall–Kier alpha value is -0.990. The summed E-state index contributed by atoms with van der Waals surface area (Å²) in [6.45, 7) is 0.113. The largest absolute Gasteiger partial charge is 0.343 e. The van der Waals surface area contributed by atoms with Crippen molar-refractivity contribution in [3.05, 3.63) is 28.7 Å². The lowest BCUT2D eigenvalue weighted by Crippen LogP contribution is -2.37. The fourth-order valence-electron chi connectivity index (χ4n) is 2.74. The van der Waals surface area contributed by atoms with Gasteiger partial charge in [-0.1, -0.05) is 28.8 Å². The van der Waals surface area contributed by atoms with Crippen LogP contribution in [0.15, 0.2) is 33.6 Å². The number of nitrogens with zero attached hydrogens (tertiary/aromatic N) is 1. The third kappa shape index (κ3) is 5.05. The Labute approximate surface area is 138 Å². The van der Waals surface area contributed by atoms with Crippen LogP contribution in [0.3, 0.4) is 0 Å². The zero-order valence-corrected chi connectivity index (χ0v) is 14.3. The molecule has 1 N–H and O–H groups in total. The van der Waals surface area contributed by atoms with Crippen molar-refractivity contribution in [2.45, 2.75) is 30.6 Å². The highest BCUT2D eigenvalue weighted by molar-refractivity contribution is 9.10. The molecule has 1 aromatic rings. The lowest BCUT2D eigenvalue weighted by atomic mass is 9.80. The highest BCUT2D eigenvalue weighted by atomic mass is 79.9. The van der Waals surface area contributed by atoms with Crippen molar-refractivity contribution < 1.29 is 4.79 Å². The van der Waals surface area contributed by atoms with Crippen LogP contribution in [0.25, 0.3) is 0 Å². The van der Waals surface area contributed by atoms with Gasteiger partial charge in [0.25, 0.3) is 0 Å². The Morgan fingerprint density at radius 2 is 2.05 bits per heavy atom. The Morgan fingerprint density at radius 3 is 2.76 bits per heavy atom. The number of hydrogen-bond donors (Lipinski definition) is 1. The van der Waals surface area contributed by atoms with Gasteiger partial charge in [0.2, 0.25) is 5.91 Å². The zero-order valence-electron chi connectivity index (χ0n) is 11.8. The van der Waals surface area contributed by atoms with E-state index in [0.717, 1.165) is 29.5 Å². The van der Waals surface area contributed by atoms with Crippen molar-refractivity contribution in [3.63, 3.8) is 0 Å². The summed E-state index contributed by atoms with van der Waals surface area (Å²) < 4.78 is 1.08. The second kappa shape index (κ2) is 8.45. The van der Waals surface area contributed by atoms with Gasteiger partial charge >= 0.3 is 0 Å². The summed E-state index contributed by atoms with van der Waals surface area (Å²) in [5, 5.41) is 11.3. The molecule has 1 fully saturated rings. The van der Waals surface area contributed by atoms with E-state index in [1.165, 1.54) is 11.3 Å². The van der Waals surface area contributed by atoms with Crippen LogP contribution in [0, 0.1) is 23.2 Å². The van der Waals surface area contributed by atoms with Gasteiger partial charge in [0, 0.05) is 21.0 Å². The predicted molar refractivity (Wildman–Crippen MR) is 88.9 cm³/mol. The predicted octanol–water partition coefficient (Wildman–Crippen LogP) is 3.99. The number of hydrogen-bond acceptors (Lipinski definition) is 3. The minimum Gasteiger partial charge on any atom is -0.343 e. The van der Waals surface area contributed by atoms with Gasteiger partial charge in [-0.05, 0) is 43.0 Å². The van der Waals surface area contributed by atoms with E-state index in [0.29, 0.717) is 5.92 Å². The summed E-state index contributed by atoms with van der Waals surface area (Å²) in [6, 6.07) is 10.3. The number of nitriles is 1. The molecular weight excluding hydrogens is 348 g/mol. The fourth-order valence-corrected chi connectivity index (χ4v) is 4.14. The van der Waals surface area contributed by atoms with Crippen LogP contribution in [-0.4, -0.2) is 18.2 Å². The fraction of sp³-hybridized carbons (Fsp3) is 0.500. The van der Waals surface area contributed by atoms with Crippen molar-refractivity contribution in [2.75, 3.05) is 12.3 Å². The normalized spacial score (nSPS) is 21.5. The van der Waals surface area contributed by atoms with Crippen LogP contribution < -0.4 is 5.32 Å². The van der Waals surface area contributed by atoms with Crippen molar-refractivity contribution in [1.82, 2.24) is 5.32 Å². The van der Waals surface area contributed by atoms with Crippen molar-refractivity contribution in [3.8, 4) is 6.07 Å². The van der Waals surface area contributed by atoms with Crippen molar-refractivity contribution in [1.29, 1.82) is 5.26 Å². The van der Waals surface area contributed by atoms with Gasteiger partial charge in [0.05, 0.1) is 6.07 Å². The maximum atomic E-state index is 12.1. The summed E-state index contributed by atoms with van der Waals surface area (Å²) in [4.78, 5) is 13.4. The van der Waals surface area contributed by atoms with Crippen LogP contribution in [0.5, 0.6) is 0 Å². The average molecular weight is 367 g/mol. The van der Waals surface area contributed by atoms with Crippen LogP contribution in [0.2, 0.25) is 0 Å². The summed E-state index contributed by atoms with van der Waals surface area (Å²) in [5.41, 5.74) is 0. The van der Waals surface area contributed by atoms with Gasteiger partial charge in [-0.25, -0.2) is 0 Å². The molecule has 1 aliphatic rings. The van der Waals surface area contributed by atoms with Crippen LogP contribution in [-0.2, 0) is 4.79 Å². The third-order valence-electron chi connectivity index (χ3n) is 3.87. The standard InChI is InChI=1S/C16H19BrN2OS/c17-13-5-7-14(8-6-13)21-11-12-3-1-2-4-15(12)16(20)19-10-9-18/h5-8,12,15H,1-4,10-11H2,(H,19,20). The number of halogens is 1. The minimum atomic E-state index is 0.0534.